The first kappa shape index (κ1) is 12.9. The minimum absolute atomic E-state index is 0.643. The molecular formula is C11H26N2. The molecule has 0 rings (SSSR count). The van der Waals surface area contributed by atoms with Crippen LogP contribution in [0.1, 0.15) is 34.1 Å². The highest BCUT2D eigenvalue weighted by Crippen LogP contribution is 2.08. The maximum atomic E-state index is 3.41. The Morgan fingerprint density at radius 1 is 1.15 bits per heavy atom. The molecule has 0 aromatic heterocycles. The zero-order valence-corrected chi connectivity index (χ0v) is 9.93. The number of hydrogen-bond donors (Lipinski definition) is 1. The van der Waals surface area contributed by atoms with Crippen molar-refractivity contribution in [3.63, 3.8) is 0 Å². The third-order valence-electron chi connectivity index (χ3n) is 3.05. The van der Waals surface area contributed by atoms with Crippen LogP contribution in [0.15, 0.2) is 0 Å². The molecule has 2 atom stereocenters. The molecule has 0 saturated carbocycles. The van der Waals surface area contributed by atoms with Gasteiger partial charge in [0.15, 0.2) is 0 Å². The zero-order chi connectivity index (χ0) is 10.3. The van der Waals surface area contributed by atoms with Crippen LogP contribution in [0.3, 0.4) is 0 Å². The summed E-state index contributed by atoms with van der Waals surface area (Å²) >= 11 is 0. The minimum Gasteiger partial charge on any atom is -0.315 e. The minimum atomic E-state index is 0.643. The second-order valence-electron chi connectivity index (χ2n) is 3.77. The summed E-state index contributed by atoms with van der Waals surface area (Å²) in [4.78, 5) is 2.48. The third-order valence-corrected chi connectivity index (χ3v) is 3.05. The summed E-state index contributed by atoms with van der Waals surface area (Å²) in [6.07, 6.45) is 1.26. The van der Waals surface area contributed by atoms with Crippen LogP contribution in [0.25, 0.3) is 0 Å². The van der Waals surface area contributed by atoms with Crippen LogP contribution in [0, 0.1) is 5.92 Å². The van der Waals surface area contributed by atoms with Gasteiger partial charge in [-0.15, -0.1) is 0 Å². The van der Waals surface area contributed by atoms with Crippen LogP contribution in [0.5, 0.6) is 0 Å². The van der Waals surface area contributed by atoms with Crippen LogP contribution in [-0.4, -0.2) is 37.6 Å². The Hall–Kier alpha value is -0.0800. The average molecular weight is 186 g/mol. The Balaban J connectivity index is 3.94. The first-order chi connectivity index (χ1) is 6.19. The van der Waals surface area contributed by atoms with Gasteiger partial charge in [-0.2, -0.15) is 0 Å². The molecule has 0 saturated heterocycles. The first-order valence-corrected chi connectivity index (χ1v) is 5.59. The molecule has 0 aliphatic heterocycles. The standard InChI is InChI=1S/C11H26N2/c1-6-10(4)11(12-5)9-13(7-2)8-3/h10-12H,6-9H2,1-5H3. The zero-order valence-electron chi connectivity index (χ0n) is 9.93. The van der Waals surface area contributed by atoms with Gasteiger partial charge in [0.1, 0.15) is 0 Å². The molecule has 0 aliphatic rings. The lowest BCUT2D eigenvalue weighted by molar-refractivity contribution is 0.233. The lowest BCUT2D eigenvalue weighted by Crippen LogP contribution is -2.43. The van der Waals surface area contributed by atoms with E-state index in [9.17, 15) is 0 Å². The molecule has 0 aromatic carbocycles. The van der Waals surface area contributed by atoms with Crippen LogP contribution < -0.4 is 5.32 Å². The van der Waals surface area contributed by atoms with Crippen molar-refractivity contribution in [2.75, 3.05) is 26.7 Å². The molecular weight excluding hydrogens is 160 g/mol. The van der Waals surface area contributed by atoms with E-state index in [0.29, 0.717) is 6.04 Å². The van der Waals surface area contributed by atoms with E-state index in [-0.39, 0.29) is 0 Å². The van der Waals surface area contributed by atoms with E-state index in [0.717, 1.165) is 19.0 Å². The molecule has 0 spiro atoms. The van der Waals surface area contributed by atoms with Crippen LogP contribution >= 0.6 is 0 Å². The average Bonchev–Trinajstić information content (AvgIpc) is 2.19. The Bertz CT molecular complexity index is 111. The maximum Gasteiger partial charge on any atom is 0.0217 e. The van der Waals surface area contributed by atoms with Gasteiger partial charge in [-0.25, -0.2) is 0 Å². The van der Waals surface area contributed by atoms with Gasteiger partial charge in [-0.05, 0) is 26.1 Å². The summed E-state index contributed by atoms with van der Waals surface area (Å²) < 4.78 is 0. The van der Waals surface area contributed by atoms with Crippen molar-refractivity contribution in [1.29, 1.82) is 0 Å². The molecule has 2 heteroatoms. The lowest BCUT2D eigenvalue weighted by atomic mass is 9.99. The van der Waals surface area contributed by atoms with Crippen molar-refractivity contribution in [1.82, 2.24) is 10.2 Å². The second kappa shape index (κ2) is 7.34. The molecule has 0 radical (unpaired) electrons. The van der Waals surface area contributed by atoms with Crippen molar-refractivity contribution >= 4 is 0 Å². The fourth-order valence-electron chi connectivity index (χ4n) is 1.60. The summed E-state index contributed by atoms with van der Waals surface area (Å²) in [6.45, 7) is 12.5. The monoisotopic (exact) mass is 186 g/mol. The van der Waals surface area contributed by atoms with E-state index >= 15 is 0 Å². The molecule has 0 aromatic rings. The van der Waals surface area contributed by atoms with Crippen molar-refractivity contribution in [2.45, 2.75) is 40.2 Å². The fourth-order valence-corrected chi connectivity index (χ4v) is 1.60. The van der Waals surface area contributed by atoms with E-state index in [2.05, 4.69) is 45.0 Å². The number of nitrogens with zero attached hydrogens (tertiary/aromatic N) is 1. The van der Waals surface area contributed by atoms with Gasteiger partial charge < -0.3 is 10.2 Å². The summed E-state index contributed by atoms with van der Waals surface area (Å²) in [6, 6.07) is 0.643. The highest BCUT2D eigenvalue weighted by Gasteiger charge is 2.15. The predicted octanol–water partition coefficient (Wildman–Crippen LogP) is 1.96. The smallest absolute Gasteiger partial charge is 0.0217 e. The highest BCUT2D eigenvalue weighted by molar-refractivity contribution is 4.74. The molecule has 2 nitrogen and oxygen atoms in total. The van der Waals surface area contributed by atoms with E-state index in [1.807, 2.05) is 0 Å². The SMILES string of the molecule is CCC(C)C(CN(CC)CC)NC. The van der Waals surface area contributed by atoms with Gasteiger partial charge >= 0.3 is 0 Å². The summed E-state index contributed by atoms with van der Waals surface area (Å²) in [5, 5.41) is 3.41. The normalized spacial score (nSPS) is 16.2. The molecule has 1 N–H and O–H groups in total. The van der Waals surface area contributed by atoms with E-state index in [4.69, 9.17) is 0 Å². The van der Waals surface area contributed by atoms with Crippen molar-refractivity contribution < 1.29 is 0 Å². The summed E-state index contributed by atoms with van der Waals surface area (Å²) in [7, 11) is 2.07. The van der Waals surface area contributed by atoms with Crippen molar-refractivity contribution in [2.24, 2.45) is 5.92 Å². The fraction of sp³-hybridized carbons (Fsp3) is 1.00. The summed E-state index contributed by atoms with van der Waals surface area (Å²) in [5.74, 6) is 0.769. The van der Waals surface area contributed by atoms with Gasteiger partial charge in [-0.3, -0.25) is 0 Å². The lowest BCUT2D eigenvalue weighted by Gasteiger charge is -2.28. The maximum absolute atomic E-state index is 3.41. The Labute approximate surface area is 83.7 Å². The Morgan fingerprint density at radius 3 is 2.00 bits per heavy atom. The van der Waals surface area contributed by atoms with Gasteiger partial charge in [0.2, 0.25) is 0 Å². The topological polar surface area (TPSA) is 15.3 Å². The molecule has 80 valence electrons. The highest BCUT2D eigenvalue weighted by atomic mass is 15.1. The predicted molar refractivity (Wildman–Crippen MR) is 60.1 cm³/mol. The number of hydrogen-bond acceptors (Lipinski definition) is 2. The number of nitrogens with one attached hydrogen (secondary N) is 1. The van der Waals surface area contributed by atoms with Crippen LogP contribution in [-0.2, 0) is 0 Å². The van der Waals surface area contributed by atoms with Gasteiger partial charge in [0.05, 0.1) is 0 Å². The molecule has 0 aliphatic carbocycles. The number of rotatable bonds is 7. The van der Waals surface area contributed by atoms with E-state index in [1.54, 1.807) is 0 Å². The van der Waals surface area contributed by atoms with Crippen LogP contribution in [0.2, 0.25) is 0 Å². The summed E-state index contributed by atoms with van der Waals surface area (Å²) in [5.41, 5.74) is 0. The van der Waals surface area contributed by atoms with Crippen molar-refractivity contribution in [3.05, 3.63) is 0 Å². The van der Waals surface area contributed by atoms with Gasteiger partial charge in [-0.1, -0.05) is 34.1 Å². The molecule has 0 fully saturated rings. The Kier molecular flexibility index (Phi) is 7.29. The quantitative estimate of drug-likeness (QED) is 0.654. The number of likely N-dealkylation sites (N-methyl/N-ethyl adjacent to an activating group) is 2. The van der Waals surface area contributed by atoms with Gasteiger partial charge in [0, 0.05) is 12.6 Å². The molecule has 2 unspecified atom stereocenters. The molecule has 13 heavy (non-hydrogen) atoms. The molecule has 0 bridgehead atoms. The van der Waals surface area contributed by atoms with E-state index in [1.165, 1.54) is 13.0 Å². The van der Waals surface area contributed by atoms with Gasteiger partial charge in [0.25, 0.3) is 0 Å². The van der Waals surface area contributed by atoms with E-state index < -0.39 is 0 Å². The third kappa shape index (κ3) is 4.63. The largest absolute Gasteiger partial charge is 0.315 e. The Morgan fingerprint density at radius 2 is 1.69 bits per heavy atom. The second-order valence-corrected chi connectivity index (χ2v) is 3.77. The first-order valence-electron chi connectivity index (χ1n) is 5.59. The van der Waals surface area contributed by atoms with Crippen LogP contribution in [0.4, 0.5) is 0 Å². The van der Waals surface area contributed by atoms with Crippen molar-refractivity contribution in [3.8, 4) is 0 Å². The molecule has 0 amide bonds. The molecule has 0 heterocycles.